The van der Waals surface area contributed by atoms with Crippen molar-refractivity contribution in [2.45, 2.75) is 50.1 Å². The number of thiocarbonyl (C=S) groups is 1. The highest BCUT2D eigenvalue weighted by Crippen LogP contribution is 2.33. The quantitative estimate of drug-likeness (QED) is 0.855. The van der Waals surface area contributed by atoms with Crippen molar-refractivity contribution >= 4 is 38.8 Å². The first kappa shape index (κ1) is 16.7. The van der Waals surface area contributed by atoms with Crippen LogP contribution in [0.4, 0.5) is 0 Å². The molecule has 1 aromatic carbocycles. The van der Waals surface area contributed by atoms with Crippen molar-refractivity contribution in [2.75, 3.05) is 0 Å². The summed E-state index contributed by atoms with van der Waals surface area (Å²) in [5.41, 5.74) is 6.09. The smallest absolute Gasteiger partial charge is 0.245 e. The van der Waals surface area contributed by atoms with E-state index in [2.05, 4.69) is 0 Å². The number of nitrogens with two attached hydrogens (primary N) is 1. The van der Waals surface area contributed by atoms with Gasteiger partial charge in [0.05, 0.1) is 5.02 Å². The minimum Gasteiger partial charge on any atom is -0.389 e. The Bertz CT molecular complexity index is 651. The third kappa shape index (κ3) is 3.23. The molecule has 1 fully saturated rings. The van der Waals surface area contributed by atoms with Crippen LogP contribution in [0.25, 0.3) is 0 Å². The fraction of sp³-hybridized carbons (Fsp3) is 0.500. The molecular weight excluding hydrogens is 328 g/mol. The van der Waals surface area contributed by atoms with Crippen molar-refractivity contribution in [1.82, 2.24) is 4.31 Å². The average molecular weight is 347 g/mol. The van der Waals surface area contributed by atoms with Gasteiger partial charge in [-0.05, 0) is 38.8 Å². The number of nitrogens with zero attached hydrogens (tertiary/aromatic N) is 1. The molecule has 1 aliphatic rings. The van der Waals surface area contributed by atoms with E-state index in [4.69, 9.17) is 29.6 Å². The van der Waals surface area contributed by atoms with Gasteiger partial charge in [-0.15, -0.1) is 0 Å². The van der Waals surface area contributed by atoms with Crippen molar-refractivity contribution in [3.05, 3.63) is 28.8 Å². The van der Waals surface area contributed by atoms with Gasteiger partial charge in [0.1, 0.15) is 9.88 Å². The number of halogens is 1. The van der Waals surface area contributed by atoms with Crippen LogP contribution >= 0.6 is 23.8 Å². The zero-order chi connectivity index (χ0) is 15.8. The van der Waals surface area contributed by atoms with E-state index in [1.165, 1.54) is 12.1 Å². The number of hydrogen-bond donors (Lipinski definition) is 1. The molecule has 0 amide bonds. The molecule has 0 spiro atoms. The summed E-state index contributed by atoms with van der Waals surface area (Å²) < 4.78 is 27.5. The molecule has 0 bridgehead atoms. The minimum atomic E-state index is -3.66. The van der Waals surface area contributed by atoms with Crippen LogP contribution in [0.3, 0.4) is 0 Å². The normalized spacial score (nSPS) is 24.0. The lowest BCUT2D eigenvalue weighted by molar-refractivity contribution is 0.204. The standard InChI is InChI=1S/C14H19ClN2O2S2/c1-9-4-3-5-10(2)17(9)21(18,19)13-8-11(14(16)20)6-7-12(13)15/h6-10H,3-5H2,1-2H3,(H2,16,20)/t9-,10+. The van der Waals surface area contributed by atoms with Crippen molar-refractivity contribution in [3.63, 3.8) is 0 Å². The lowest BCUT2D eigenvalue weighted by Gasteiger charge is -2.37. The Hall–Kier alpha value is -0.690. The van der Waals surface area contributed by atoms with Crippen LogP contribution in [-0.2, 0) is 10.0 Å². The molecule has 1 aliphatic heterocycles. The monoisotopic (exact) mass is 346 g/mol. The topological polar surface area (TPSA) is 63.4 Å². The Labute approximate surface area is 136 Å². The highest BCUT2D eigenvalue weighted by atomic mass is 35.5. The van der Waals surface area contributed by atoms with Crippen LogP contribution < -0.4 is 5.73 Å². The molecule has 0 radical (unpaired) electrons. The summed E-state index contributed by atoms with van der Waals surface area (Å²) in [4.78, 5) is 0.234. The van der Waals surface area contributed by atoms with E-state index in [0.717, 1.165) is 19.3 Å². The Kier molecular flexibility index (Phi) is 4.92. The van der Waals surface area contributed by atoms with Gasteiger partial charge in [0.2, 0.25) is 10.0 Å². The molecule has 0 aliphatic carbocycles. The summed E-state index contributed by atoms with van der Waals surface area (Å²) in [7, 11) is -3.66. The SMILES string of the molecule is C[C@@H]1CCC[C@H](C)N1S(=O)(=O)c1cc(C(N)=S)ccc1Cl. The average Bonchev–Trinajstić information content (AvgIpc) is 2.38. The maximum Gasteiger partial charge on any atom is 0.245 e. The summed E-state index contributed by atoms with van der Waals surface area (Å²) in [5.74, 6) is 0. The third-order valence-corrected chi connectivity index (χ3v) is 6.73. The lowest BCUT2D eigenvalue weighted by atomic mass is 10.0. The predicted octanol–water partition coefficient (Wildman–Crippen LogP) is 2.93. The van der Waals surface area contributed by atoms with Crippen LogP contribution in [0.2, 0.25) is 5.02 Å². The summed E-state index contributed by atoms with van der Waals surface area (Å²) in [6, 6.07) is 4.55. The number of piperidine rings is 1. The highest BCUT2D eigenvalue weighted by Gasteiger charge is 2.36. The molecule has 21 heavy (non-hydrogen) atoms. The summed E-state index contributed by atoms with van der Waals surface area (Å²) >= 11 is 11.0. The second-order valence-electron chi connectivity index (χ2n) is 5.47. The van der Waals surface area contributed by atoms with Crippen LogP contribution in [0.5, 0.6) is 0 Å². The summed E-state index contributed by atoms with van der Waals surface area (Å²) in [6.07, 6.45) is 2.75. The first-order valence-corrected chi connectivity index (χ1v) is 9.10. The van der Waals surface area contributed by atoms with Gasteiger partial charge in [-0.1, -0.05) is 36.3 Å². The molecule has 0 saturated carbocycles. The van der Waals surface area contributed by atoms with Crippen molar-refractivity contribution < 1.29 is 8.42 Å². The summed E-state index contributed by atoms with van der Waals surface area (Å²) in [5, 5.41) is 0.194. The van der Waals surface area contributed by atoms with Gasteiger partial charge < -0.3 is 5.73 Å². The number of rotatable bonds is 3. The zero-order valence-corrected chi connectivity index (χ0v) is 14.4. The zero-order valence-electron chi connectivity index (χ0n) is 12.0. The van der Waals surface area contributed by atoms with Gasteiger partial charge in [-0.25, -0.2) is 8.42 Å². The third-order valence-electron chi connectivity index (χ3n) is 3.88. The number of hydrogen-bond acceptors (Lipinski definition) is 3. The van der Waals surface area contributed by atoms with Crippen LogP contribution in [0, 0.1) is 0 Å². The second kappa shape index (κ2) is 6.20. The molecule has 1 saturated heterocycles. The van der Waals surface area contributed by atoms with Gasteiger partial charge in [0.15, 0.2) is 0 Å². The van der Waals surface area contributed by atoms with Gasteiger partial charge in [0.25, 0.3) is 0 Å². The van der Waals surface area contributed by atoms with Crippen LogP contribution in [-0.4, -0.2) is 29.8 Å². The van der Waals surface area contributed by atoms with Gasteiger partial charge in [-0.2, -0.15) is 4.31 Å². The molecular formula is C14H19ClN2O2S2. The van der Waals surface area contributed by atoms with E-state index in [9.17, 15) is 8.42 Å². The molecule has 0 unspecified atom stereocenters. The maximum atomic E-state index is 13.0. The minimum absolute atomic E-state index is 0.0386. The first-order valence-electron chi connectivity index (χ1n) is 6.88. The molecule has 1 aromatic rings. The van der Waals surface area contributed by atoms with E-state index in [-0.39, 0.29) is 27.0 Å². The molecule has 116 valence electrons. The molecule has 2 N–H and O–H groups in total. The van der Waals surface area contributed by atoms with Gasteiger partial charge >= 0.3 is 0 Å². The Morgan fingerprint density at radius 2 is 1.90 bits per heavy atom. The van der Waals surface area contributed by atoms with Crippen LogP contribution in [0.1, 0.15) is 38.7 Å². The molecule has 1 heterocycles. The van der Waals surface area contributed by atoms with Crippen molar-refractivity contribution in [3.8, 4) is 0 Å². The van der Waals surface area contributed by atoms with Gasteiger partial charge in [0, 0.05) is 17.6 Å². The predicted molar refractivity (Wildman–Crippen MR) is 89.1 cm³/mol. The van der Waals surface area contributed by atoms with E-state index < -0.39 is 10.0 Å². The molecule has 4 nitrogen and oxygen atoms in total. The fourth-order valence-electron chi connectivity index (χ4n) is 2.84. The van der Waals surface area contributed by atoms with Gasteiger partial charge in [-0.3, -0.25) is 0 Å². The molecule has 0 aromatic heterocycles. The fourth-order valence-corrected chi connectivity index (χ4v) is 5.35. The molecule has 2 rings (SSSR count). The second-order valence-corrected chi connectivity index (χ2v) is 8.13. The van der Waals surface area contributed by atoms with Crippen molar-refractivity contribution in [2.24, 2.45) is 5.73 Å². The van der Waals surface area contributed by atoms with Crippen molar-refractivity contribution in [1.29, 1.82) is 0 Å². The molecule has 7 heteroatoms. The Morgan fingerprint density at radius 3 is 2.43 bits per heavy atom. The first-order chi connectivity index (χ1) is 9.75. The van der Waals surface area contributed by atoms with E-state index in [1.807, 2.05) is 13.8 Å². The Balaban J connectivity index is 2.53. The lowest BCUT2D eigenvalue weighted by Crippen LogP contribution is -2.47. The van der Waals surface area contributed by atoms with E-state index >= 15 is 0 Å². The number of benzene rings is 1. The Morgan fingerprint density at radius 1 is 1.33 bits per heavy atom. The summed E-state index contributed by atoms with van der Waals surface area (Å²) in [6.45, 7) is 3.86. The largest absolute Gasteiger partial charge is 0.389 e. The molecule has 2 atom stereocenters. The number of sulfonamides is 1. The maximum absolute atomic E-state index is 13.0. The highest BCUT2D eigenvalue weighted by molar-refractivity contribution is 7.89. The van der Waals surface area contributed by atoms with E-state index in [1.54, 1.807) is 10.4 Å². The van der Waals surface area contributed by atoms with Crippen LogP contribution in [0.15, 0.2) is 23.1 Å². The van der Waals surface area contributed by atoms with E-state index in [0.29, 0.717) is 5.56 Å².